The first-order chi connectivity index (χ1) is 9.24. The molecule has 96 valence electrons. The minimum atomic E-state index is -0.456. The minimum Gasteiger partial charge on any atom is -0.456 e. The van der Waals surface area contributed by atoms with Crippen LogP contribution >= 0.6 is 11.6 Å². The lowest BCUT2D eigenvalue weighted by molar-refractivity contribution is 0.0531. The van der Waals surface area contributed by atoms with Crippen LogP contribution in [-0.4, -0.2) is 15.9 Å². The monoisotopic (exact) mass is 275 g/mol. The fourth-order valence-corrected chi connectivity index (χ4v) is 2.07. The summed E-state index contributed by atoms with van der Waals surface area (Å²) >= 11 is 5.81. The normalized spacial score (nSPS) is 13.0. The average molecular weight is 276 g/mol. The Balaban J connectivity index is 1.86. The Morgan fingerprint density at radius 3 is 2.84 bits per heavy atom. The van der Waals surface area contributed by atoms with Crippen molar-refractivity contribution in [2.75, 3.05) is 5.32 Å². The van der Waals surface area contributed by atoms with E-state index in [9.17, 15) is 4.79 Å². The number of fused-ring (bicyclic) bond motifs is 1. The summed E-state index contributed by atoms with van der Waals surface area (Å²) in [5.74, 6) is 0.0896. The van der Waals surface area contributed by atoms with Crippen LogP contribution in [0.5, 0.6) is 0 Å². The first-order valence-corrected chi connectivity index (χ1v) is 6.13. The summed E-state index contributed by atoms with van der Waals surface area (Å²) in [6.07, 6.45) is 0. The van der Waals surface area contributed by atoms with Gasteiger partial charge in [0.2, 0.25) is 5.28 Å². The van der Waals surface area contributed by atoms with E-state index in [1.54, 1.807) is 0 Å². The van der Waals surface area contributed by atoms with Gasteiger partial charge in [0.15, 0.2) is 5.69 Å². The number of ether oxygens (including phenoxy) is 1. The van der Waals surface area contributed by atoms with Gasteiger partial charge in [0.05, 0.1) is 5.56 Å². The number of aromatic nitrogens is 2. The molecule has 3 rings (SSSR count). The van der Waals surface area contributed by atoms with Crippen LogP contribution in [0, 0.1) is 0 Å². The summed E-state index contributed by atoms with van der Waals surface area (Å²) in [6.45, 7) is 0.775. The number of cyclic esters (lactones) is 1. The van der Waals surface area contributed by atoms with Crippen LogP contribution in [0.1, 0.15) is 21.6 Å². The number of anilines is 1. The van der Waals surface area contributed by atoms with Crippen molar-refractivity contribution in [1.82, 2.24) is 9.97 Å². The maximum absolute atomic E-state index is 11.4. The van der Waals surface area contributed by atoms with Crippen LogP contribution in [0.2, 0.25) is 5.28 Å². The second kappa shape index (κ2) is 4.85. The molecule has 0 saturated heterocycles. The first kappa shape index (κ1) is 11.9. The predicted octanol–water partition coefficient (Wildman–Crippen LogP) is 2.41. The molecule has 0 atom stereocenters. The maximum Gasteiger partial charge on any atom is 0.357 e. The number of carbonyl (C=O) groups excluding carboxylic acids is 1. The van der Waals surface area contributed by atoms with Crippen molar-refractivity contribution in [3.05, 3.63) is 52.4 Å². The molecule has 6 heteroatoms. The summed E-state index contributed by atoms with van der Waals surface area (Å²) in [5, 5.41) is 3.19. The van der Waals surface area contributed by atoms with Crippen LogP contribution in [0.3, 0.4) is 0 Å². The van der Waals surface area contributed by atoms with Gasteiger partial charge in [-0.1, -0.05) is 30.3 Å². The predicted molar refractivity (Wildman–Crippen MR) is 69.9 cm³/mol. The fourth-order valence-electron chi connectivity index (χ4n) is 1.90. The molecule has 1 aromatic heterocycles. The number of carbonyl (C=O) groups is 1. The third-order valence-corrected chi connectivity index (χ3v) is 2.99. The number of hydrogen-bond donors (Lipinski definition) is 1. The number of nitrogens with one attached hydrogen (secondary N) is 1. The van der Waals surface area contributed by atoms with Gasteiger partial charge in [-0.3, -0.25) is 0 Å². The van der Waals surface area contributed by atoms with Gasteiger partial charge in [-0.05, 0) is 17.2 Å². The molecule has 0 radical (unpaired) electrons. The van der Waals surface area contributed by atoms with Gasteiger partial charge in [0, 0.05) is 6.54 Å². The highest BCUT2D eigenvalue weighted by Crippen LogP contribution is 2.26. The number of benzene rings is 1. The van der Waals surface area contributed by atoms with E-state index in [1.165, 1.54) is 0 Å². The Hall–Kier alpha value is -2.14. The van der Waals surface area contributed by atoms with Crippen molar-refractivity contribution in [3.8, 4) is 0 Å². The van der Waals surface area contributed by atoms with Crippen molar-refractivity contribution in [2.45, 2.75) is 13.2 Å². The van der Waals surface area contributed by atoms with E-state index in [1.807, 2.05) is 30.3 Å². The minimum absolute atomic E-state index is 0.0353. The van der Waals surface area contributed by atoms with Crippen molar-refractivity contribution >= 4 is 23.4 Å². The average Bonchev–Trinajstić information content (AvgIpc) is 2.79. The topological polar surface area (TPSA) is 64.1 Å². The molecule has 19 heavy (non-hydrogen) atoms. The summed E-state index contributed by atoms with van der Waals surface area (Å²) in [7, 11) is 0. The van der Waals surface area contributed by atoms with Crippen molar-refractivity contribution < 1.29 is 9.53 Å². The highest BCUT2D eigenvalue weighted by atomic mass is 35.5. The Morgan fingerprint density at radius 2 is 2.05 bits per heavy atom. The van der Waals surface area contributed by atoms with Gasteiger partial charge in [-0.15, -0.1) is 0 Å². The molecule has 1 N–H and O–H groups in total. The molecule has 0 saturated carbocycles. The molecule has 1 aromatic carbocycles. The lowest BCUT2D eigenvalue weighted by Gasteiger charge is -2.08. The molecule has 1 aliphatic rings. The highest BCUT2D eigenvalue weighted by Gasteiger charge is 2.27. The second-order valence-corrected chi connectivity index (χ2v) is 4.42. The van der Waals surface area contributed by atoms with Crippen LogP contribution < -0.4 is 5.32 Å². The largest absolute Gasteiger partial charge is 0.456 e. The SMILES string of the molecule is O=C1OCc2c(NCc3ccccc3)nc(Cl)nc21. The Morgan fingerprint density at radius 1 is 1.26 bits per heavy atom. The van der Waals surface area contributed by atoms with Crippen molar-refractivity contribution in [3.63, 3.8) is 0 Å². The maximum atomic E-state index is 11.4. The first-order valence-electron chi connectivity index (χ1n) is 5.75. The van der Waals surface area contributed by atoms with Crippen LogP contribution in [-0.2, 0) is 17.9 Å². The smallest absolute Gasteiger partial charge is 0.357 e. The standard InChI is InChI=1S/C13H10ClN3O2/c14-13-16-10-9(7-19-12(10)18)11(17-13)15-6-8-4-2-1-3-5-8/h1-5H,6-7H2,(H,15,16,17). The summed E-state index contributed by atoms with van der Waals surface area (Å²) in [6, 6.07) is 9.87. The number of rotatable bonds is 3. The molecule has 0 bridgehead atoms. The van der Waals surface area contributed by atoms with Crippen LogP contribution in [0.4, 0.5) is 5.82 Å². The zero-order valence-corrected chi connectivity index (χ0v) is 10.6. The molecule has 1 aliphatic heterocycles. The van der Waals surface area contributed by atoms with Gasteiger partial charge < -0.3 is 10.1 Å². The summed E-state index contributed by atoms with van der Waals surface area (Å²) in [5.41, 5.74) is 2.01. The fraction of sp³-hybridized carbons (Fsp3) is 0.154. The lowest BCUT2D eigenvalue weighted by atomic mass is 10.2. The Bertz CT molecular complexity index is 631. The Kier molecular flexibility index (Phi) is 3.05. The highest BCUT2D eigenvalue weighted by molar-refractivity contribution is 6.28. The van der Waals surface area contributed by atoms with Gasteiger partial charge in [0.1, 0.15) is 12.4 Å². The summed E-state index contributed by atoms with van der Waals surface area (Å²) < 4.78 is 4.93. The van der Waals surface area contributed by atoms with E-state index in [2.05, 4.69) is 15.3 Å². The van der Waals surface area contributed by atoms with Crippen molar-refractivity contribution in [1.29, 1.82) is 0 Å². The molecule has 2 aromatic rings. The van der Waals surface area contributed by atoms with Gasteiger partial charge in [-0.2, -0.15) is 0 Å². The number of nitrogens with zero attached hydrogens (tertiary/aromatic N) is 2. The zero-order valence-electron chi connectivity index (χ0n) is 9.89. The van der Waals surface area contributed by atoms with E-state index >= 15 is 0 Å². The van der Waals surface area contributed by atoms with E-state index in [4.69, 9.17) is 16.3 Å². The lowest BCUT2D eigenvalue weighted by Crippen LogP contribution is -2.07. The van der Waals surface area contributed by atoms with E-state index in [0.717, 1.165) is 5.56 Å². The second-order valence-electron chi connectivity index (χ2n) is 4.08. The Labute approximate surface area is 114 Å². The molecule has 2 heterocycles. The molecule has 0 fully saturated rings. The van der Waals surface area contributed by atoms with Gasteiger partial charge in [0.25, 0.3) is 0 Å². The third kappa shape index (κ3) is 2.37. The quantitative estimate of drug-likeness (QED) is 0.688. The zero-order chi connectivity index (χ0) is 13.2. The number of halogens is 1. The molecule has 0 aliphatic carbocycles. The molecular weight excluding hydrogens is 266 g/mol. The van der Waals surface area contributed by atoms with Crippen LogP contribution in [0.25, 0.3) is 0 Å². The molecule has 0 spiro atoms. The molecular formula is C13H10ClN3O2. The number of esters is 1. The molecule has 5 nitrogen and oxygen atoms in total. The molecule has 0 amide bonds. The van der Waals surface area contributed by atoms with Gasteiger partial charge in [-0.25, -0.2) is 14.8 Å². The van der Waals surface area contributed by atoms with E-state index < -0.39 is 5.97 Å². The van der Waals surface area contributed by atoms with Crippen molar-refractivity contribution in [2.24, 2.45) is 0 Å². The number of hydrogen-bond acceptors (Lipinski definition) is 5. The van der Waals surface area contributed by atoms with Crippen LogP contribution in [0.15, 0.2) is 30.3 Å². The van der Waals surface area contributed by atoms with E-state index in [-0.39, 0.29) is 17.6 Å². The van der Waals surface area contributed by atoms with Gasteiger partial charge >= 0.3 is 5.97 Å². The summed E-state index contributed by atoms with van der Waals surface area (Å²) in [4.78, 5) is 19.4. The van der Waals surface area contributed by atoms with E-state index in [0.29, 0.717) is 17.9 Å². The molecule has 0 unspecified atom stereocenters. The third-order valence-electron chi connectivity index (χ3n) is 2.82.